The lowest BCUT2D eigenvalue weighted by Crippen LogP contribution is -2.19. The smallest absolute Gasteiger partial charge is 0.225 e. The zero-order valence-corrected chi connectivity index (χ0v) is 9.86. The van der Waals surface area contributed by atoms with Gasteiger partial charge in [0, 0.05) is 27.2 Å². The van der Waals surface area contributed by atoms with Gasteiger partial charge in [-0.2, -0.15) is 5.10 Å². The van der Waals surface area contributed by atoms with Crippen molar-refractivity contribution in [2.24, 2.45) is 13.0 Å². The first kappa shape index (κ1) is 12.5. The van der Waals surface area contributed by atoms with Crippen LogP contribution in [0.1, 0.15) is 13.3 Å². The van der Waals surface area contributed by atoms with Crippen LogP contribution in [-0.4, -0.2) is 29.4 Å². The molecule has 1 unspecified atom stereocenters. The van der Waals surface area contributed by atoms with E-state index in [1.807, 2.05) is 6.92 Å². The number of ether oxygens (including phenoxy) is 1. The number of methoxy groups -OCH3 is 1. The van der Waals surface area contributed by atoms with E-state index in [1.165, 1.54) is 10.9 Å². The summed E-state index contributed by atoms with van der Waals surface area (Å²) in [5, 5.41) is 6.67. The van der Waals surface area contributed by atoms with Gasteiger partial charge in [0.15, 0.2) is 5.82 Å². The van der Waals surface area contributed by atoms with E-state index in [0.717, 1.165) is 0 Å². The highest BCUT2D eigenvalue weighted by Crippen LogP contribution is 2.16. The number of nitrogen functional groups attached to an aromatic ring is 1. The van der Waals surface area contributed by atoms with Gasteiger partial charge >= 0.3 is 0 Å². The van der Waals surface area contributed by atoms with Crippen LogP contribution in [0.25, 0.3) is 0 Å². The lowest BCUT2D eigenvalue weighted by molar-refractivity contribution is -0.117. The molecule has 0 bridgehead atoms. The number of hydrogen-bond acceptors (Lipinski definition) is 4. The first-order valence-corrected chi connectivity index (χ1v) is 5.10. The van der Waals surface area contributed by atoms with Gasteiger partial charge in [0.25, 0.3) is 0 Å². The van der Waals surface area contributed by atoms with Crippen LogP contribution in [0.3, 0.4) is 0 Å². The molecule has 0 saturated carbocycles. The lowest BCUT2D eigenvalue weighted by atomic mass is 10.1. The van der Waals surface area contributed by atoms with Gasteiger partial charge in [-0.15, -0.1) is 0 Å². The molecule has 0 aliphatic heterocycles. The molecule has 0 saturated heterocycles. The van der Waals surface area contributed by atoms with E-state index in [1.54, 1.807) is 14.2 Å². The van der Waals surface area contributed by atoms with Crippen LogP contribution >= 0.6 is 0 Å². The van der Waals surface area contributed by atoms with E-state index < -0.39 is 0 Å². The maximum atomic E-state index is 11.6. The maximum absolute atomic E-state index is 11.6. The summed E-state index contributed by atoms with van der Waals surface area (Å²) in [4.78, 5) is 11.6. The molecular weight excluding hydrogens is 208 g/mol. The summed E-state index contributed by atoms with van der Waals surface area (Å²) >= 11 is 0. The molecule has 1 amide bonds. The lowest BCUT2D eigenvalue weighted by Gasteiger charge is -2.10. The summed E-state index contributed by atoms with van der Waals surface area (Å²) < 4.78 is 6.50. The SMILES string of the molecule is COCC(C)CC(=O)Nc1c(N)cnn1C. The van der Waals surface area contributed by atoms with E-state index in [-0.39, 0.29) is 11.8 Å². The molecule has 0 aliphatic rings. The van der Waals surface area contributed by atoms with Crippen LogP contribution in [0.4, 0.5) is 11.5 Å². The number of hydrogen-bond donors (Lipinski definition) is 2. The Balaban J connectivity index is 2.52. The molecule has 0 aliphatic carbocycles. The molecule has 6 heteroatoms. The number of carbonyl (C=O) groups excluding carboxylic acids is 1. The Morgan fingerprint density at radius 1 is 1.75 bits per heavy atom. The molecule has 0 radical (unpaired) electrons. The first-order chi connectivity index (χ1) is 7.54. The molecule has 3 N–H and O–H groups in total. The van der Waals surface area contributed by atoms with E-state index in [9.17, 15) is 4.79 Å². The minimum atomic E-state index is -0.0835. The van der Waals surface area contributed by atoms with Crippen molar-refractivity contribution in [1.29, 1.82) is 0 Å². The highest BCUT2D eigenvalue weighted by molar-refractivity contribution is 5.92. The summed E-state index contributed by atoms with van der Waals surface area (Å²) in [5.41, 5.74) is 6.12. The Hall–Kier alpha value is -1.56. The molecule has 1 aromatic heterocycles. The zero-order chi connectivity index (χ0) is 12.1. The fraction of sp³-hybridized carbons (Fsp3) is 0.600. The molecule has 1 rings (SSSR count). The number of nitrogens with zero attached hydrogens (tertiary/aromatic N) is 2. The zero-order valence-electron chi connectivity index (χ0n) is 9.86. The Kier molecular flexibility index (Phi) is 4.30. The van der Waals surface area contributed by atoms with E-state index >= 15 is 0 Å². The van der Waals surface area contributed by atoms with Crippen molar-refractivity contribution in [1.82, 2.24) is 9.78 Å². The Labute approximate surface area is 94.8 Å². The highest BCUT2D eigenvalue weighted by Gasteiger charge is 2.12. The second-order valence-electron chi connectivity index (χ2n) is 3.88. The number of amides is 1. The molecule has 0 spiro atoms. The van der Waals surface area contributed by atoms with Gasteiger partial charge in [-0.3, -0.25) is 9.48 Å². The summed E-state index contributed by atoms with van der Waals surface area (Å²) in [6.45, 7) is 2.52. The number of anilines is 2. The van der Waals surface area contributed by atoms with Gasteiger partial charge in [0.2, 0.25) is 5.91 Å². The monoisotopic (exact) mass is 226 g/mol. The molecule has 0 fully saturated rings. The minimum absolute atomic E-state index is 0.0835. The molecule has 1 aromatic rings. The Bertz CT molecular complexity index is 342. The van der Waals surface area contributed by atoms with Crippen molar-refractivity contribution in [3.63, 3.8) is 0 Å². The number of carbonyl (C=O) groups is 1. The van der Waals surface area contributed by atoms with Crippen molar-refractivity contribution in [2.45, 2.75) is 13.3 Å². The average molecular weight is 226 g/mol. The second-order valence-corrected chi connectivity index (χ2v) is 3.88. The number of nitrogens with two attached hydrogens (primary N) is 1. The molecule has 0 aromatic carbocycles. The summed E-state index contributed by atoms with van der Waals surface area (Å²) in [6.07, 6.45) is 1.91. The molecular formula is C10H18N4O2. The third-order valence-electron chi connectivity index (χ3n) is 2.21. The topological polar surface area (TPSA) is 82.2 Å². The van der Waals surface area contributed by atoms with E-state index in [4.69, 9.17) is 10.5 Å². The van der Waals surface area contributed by atoms with Gasteiger partial charge in [-0.1, -0.05) is 6.92 Å². The molecule has 90 valence electrons. The maximum Gasteiger partial charge on any atom is 0.225 e. The van der Waals surface area contributed by atoms with Gasteiger partial charge in [-0.25, -0.2) is 0 Å². The van der Waals surface area contributed by atoms with Crippen LogP contribution in [0.2, 0.25) is 0 Å². The van der Waals surface area contributed by atoms with Crippen molar-refractivity contribution in [3.05, 3.63) is 6.20 Å². The van der Waals surface area contributed by atoms with Gasteiger partial charge in [0.1, 0.15) is 0 Å². The third-order valence-corrected chi connectivity index (χ3v) is 2.21. The van der Waals surface area contributed by atoms with Crippen LogP contribution in [0.5, 0.6) is 0 Å². The highest BCUT2D eigenvalue weighted by atomic mass is 16.5. The second kappa shape index (κ2) is 5.50. The van der Waals surface area contributed by atoms with E-state index in [2.05, 4.69) is 10.4 Å². The summed E-state index contributed by atoms with van der Waals surface area (Å²) in [7, 11) is 3.35. The van der Waals surface area contributed by atoms with Gasteiger partial charge in [-0.05, 0) is 5.92 Å². The normalized spacial score (nSPS) is 12.4. The Morgan fingerprint density at radius 2 is 2.44 bits per heavy atom. The predicted molar refractivity (Wildman–Crippen MR) is 61.9 cm³/mol. The summed E-state index contributed by atoms with van der Waals surface area (Å²) in [5.74, 6) is 0.633. The van der Waals surface area contributed by atoms with Crippen molar-refractivity contribution < 1.29 is 9.53 Å². The summed E-state index contributed by atoms with van der Waals surface area (Å²) in [6, 6.07) is 0. The van der Waals surface area contributed by atoms with Crippen molar-refractivity contribution in [2.75, 3.05) is 24.8 Å². The van der Waals surface area contributed by atoms with E-state index in [0.29, 0.717) is 24.5 Å². The molecule has 16 heavy (non-hydrogen) atoms. The van der Waals surface area contributed by atoms with Crippen LogP contribution < -0.4 is 11.1 Å². The number of rotatable bonds is 5. The standard InChI is InChI=1S/C10H18N4O2/c1-7(6-16-3)4-9(15)13-10-8(11)5-12-14(10)2/h5,7H,4,6,11H2,1-3H3,(H,13,15). The van der Waals surface area contributed by atoms with Crippen LogP contribution in [0, 0.1) is 5.92 Å². The van der Waals surface area contributed by atoms with Crippen LogP contribution in [-0.2, 0) is 16.6 Å². The number of aryl methyl sites for hydroxylation is 1. The molecule has 1 atom stereocenters. The Morgan fingerprint density at radius 3 is 2.94 bits per heavy atom. The third kappa shape index (κ3) is 3.23. The van der Waals surface area contributed by atoms with Gasteiger partial charge < -0.3 is 15.8 Å². The largest absolute Gasteiger partial charge is 0.394 e. The molecule has 6 nitrogen and oxygen atoms in total. The first-order valence-electron chi connectivity index (χ1n) is 5.10. The number of aromatic nitrogens is 2. The predicted octanol–water partition coefficient (Wildman–Crippen LogP) is 0.613. The van der Waals surface area contributed by atoms with Crippen molar-refractivity contribution in [3.8, 4) is 0 Å². The number of nitrogens with one attached hydrogen (secondary N) is 1. The van der Waals surface area contributed by atoms with Crippen LogP contribution in [0.15, 0.2) is 6.20 Å². The quantitative estimate of drug-likeness (QED) is 0.770. The fourth-order valence-corrected chi connectivity index (χ4v) is 1.45. The average Bonchev–Trinajstić information content (AvgIpc) is 2.49. The fourth-order valence-electron chi connectivity index (χ4n) is 1.45. The molecule has 1 heterocycles. The van der Waals surface area contributed by atoms with Gasteiger partial charge in [0.05, 0.1) is 11.9 Å². The van der Waals surface area contributed by atoms with Crippen molar-refractivity contribution >= 4 is 17.4 Å². The minimum Gasteiger partial charge on any atom is -0.394 e.